The van der Waals surface area contributed by atoms with Gasteiger partial charge in [0.05, 0.1) is 6.61 Å². The van der Waals surface area contributed by atoms with Crippen molar-refractivity contribution in [1.82, 2.24) is 4.98 Å². The van der Waals surface area contributed by atoms with E-state index in [1.165, 1.54) is 11.3 Å². The van der Waals surface area contributed by atoms with Gasteiger partial charge in [0.1, 0.15) is 0 Å². The zero-order chi connectivity index (χ0) is 15.2. The van der Waals surface area contributed by atoms with Crippen LogP contribution in [0.5, 0.6) is 0 Å². The van der Waals surface area contributed by atoms with Crippen molar-refractivity contribution < 1.29 is 18.3 Å². The quantitative estimate of drug-likeness (QED) is 0.629. The van der Waals surface area contributed by atoms with Crippen LogP contribution in [-0.4, -0.2) is 23.3 Å². The Kier molecular flexibility index (Phi) is 5.51. The number of benzene rings is 1. The Hall–Kier alpha value is -1.67. The number of alkyl halides is 2. The van der Waals surface area contributed by atoms with Gasteiger partial charge in [-0.25, -0.2) is 9.78 Å². The highest BCUT2D eigenvalue weighted by molar-refractivity contribution is 7.99. The molecule has 112 valence electrons. The summed E-state index contributed by atoms with van der Waals surface area (Å²) in [5, 5.41) is 5.14. The van der Waals surface area contributed by atoms with Gasteiger partial charge < -0.3 is 10.1 Å². The van der Waals surface area contributed by atoms with Crippen molar-refractivity contribution in [3.8, 4) is 0 Å². The molecule has 0 spiro atoms. The van der Waals surface area contributed by atoms with Gasteiger partial charge in [-0.15, -0.1) is 11.3 Å². The maximum atomic E-state index is 12.2. The lowest BCUT2D eigenvalue weighted by Crippen LogP contribution is -2.04. The molecule has 0 radical (unpaired) electrons. The molecule has 2 aromatic rings. The van der Waals surface area contributed by atoms with Crippen LogP contribution < -0.4 is 5.32 Å². The van der Waals surface area contributed by atoms with Crippen molar-refractivity contribution in [2.75, 3.05) is 11.9 Å². The minimum absolute atomic E-state index is 0.245. The van der Waals surface area contributed by atoms with E-state index in [-0.39, 0.29) is 5.69 Å². The Morgan fingerprint density at radius 3 is 2.76 bits per heavy atom. The minimum atomic E-state index is -2.44. The monoisotopic (exact) mass is 330 g/mol. The number of nitrogens with one attached hydrogen (secondary N) is 1. The van der Waals surface area contributed by atoms with Crippen LogP contribution in [-0.2, 0) is 4.74 Å². The highest BCUT2D eigenvalue weighted by atomic mass is 32.2. The van der Waals surface area contributed by atoms with Gasteiger partial charge in [-0.05, 0) is 31.2 Å². The predicted molar refractivity (Wildman–Crippen MR) is 79.7 cm³/mol. The van der Waals surface area contributed by atoms with Gasteiger partial charge in [-0.1, -0.05) is 11.8 Å². The summed E-state index contributed by atoms with van der Waals surface area (Å²) in [5.41, 5.74) is 0.951. The number of hydrogen-bond donors (Lipinski definition) is 1. The van der Waals surface area contributed by atoms with Crippen molar-refractivity contribution in [2.24, 2.45) is 0 Å². The summed E-state index contributed by atoms with van der Waals surface area (Å²) in [5.74, 6) is -2.90. The Bertz CT molecular complexity index is 602. The van der Waals surface area contributed by atoms with Crippen molar-refractivity contribution in [2.45, 2.75) is 17.6 Å². The molecular formula is C13H12F2N2O2S2. The lowest BCUT2D eigenvalue weighted by molar-refractivity contribution is 0.0520. The van der Waals surface area contributed by atoms with E-state index in [9.17, 15) is 13.6 Å². The van der Waals surface area contributed by atoms with Gasteiger partial charge in [0.2, 0.25) is 0 Å². The second kappa shape index (κ2) is 7.37. The Balaban J connectivity index is 2.00. The molecule has 0 bridgehead atoms. The largest absolute Gasteiger partial charge is 0.461 e. The van der Waals surface area contributed by atoms with Gasteiger partial charge in [-0.3, -0.25) is 0 Å². The molecule has 0 unspecified atom stereocenters. The van der Waals surface area contributed by atoms with Gasteiger partial charge in [0, 0.05) is 16.0 Å². The molecule has 1 N–H and O–H groups in total. The average Bonchev–Trinajstić information content (AvgIpc) is 2.89. The zero-order valence-corrected chi connectivity index (χ0v) is 12.6. The number of carbonyl (C=O) groups is 1. The van der Waals surface area contributed by atoms with E-state index in [2.05, 4.69) is 10.3 Å². The summed E-state index contributed by atoms with van der Waals surface area (Å²) in [6.07, 6.45) is 0. The first kappa shape index (κ1) is 15.7. The van der Waals surface area contributed by atoms with Crippen LogP contribution in [0.4, 0.5) is 19.6 Å². The molecule has 0 aliphatic heterocycles. The number of anilines is 2. The molecule has 1 aromatic carbocycles. The van der Waals surface area contributed by atoms with Gasteiger partial charge in [0.15, 0.2) is 10.8 Å². The number of ether oxygens (including phenoxy) is 1. The second-order valence-corrected chi connectivity index (χ2v) is 5.71. The molecule has 0 saturated carbocycles. The number of carbonyl (C=O) groups excluding carboxylic acids is 1. The zero-order valence-electron chi connectivity index (χ0n) is 11.0. The van der Waals surface area contributed by atoms with Crippen LogP contribution in [0.3, 0.4) is 0 Å². The normalized spacial score (nSPS) is 10.7. The Labute approximate surface area is 128 Å². The van der Waals surface area contributed by atoms with Crippen LogP contribution in [0.1, 0.15) is 17.4 Å². The number of nitrogens with zero attached hydrogens (tertiary/aromatic N) is 1. The summed E-state index contributed by atoms with van der Waals surface area (Å²) in [6.45, 7) is 2.02. The Morgan fingerprint density at radius 2 is 2.14 bits per heavy atom. The van der Waals surface area contributed by atoms with E-state index in [1.54, 1.807) is 36.6 Å². The van der Waals surface area contributed by atoms with Crippen LogP contribution in [0.2, 0.25) is 0 Å². The molecule has 0 aliphatic carbocycles. The van der Waals surface area contributed by atoms with Crippen LogP contribution in [0, 0.1) is 0 Å². The molecule has 2 rings (SSSR count). The Morgan fingerprint density at radius 1 is 1.43 bits per heavy atom. The lowest BCUT2D eigenvalue weighted by atomic mass is 10.3. The fraction of sp³-hybridized carbons (Fsp3) is 0.231. The molecule has 1 heterocycles. The fourth-order valence-electron chi connectivity index (χ4n) is 1.47. The van der Waals surface area contributed by atoms with E-state index >= 15 is 0 Å². The minimum Gasteiger partial charge on any atom is -0.461 e. The van der Waals surface area contributed by atoms with E-state index in [1.807, 2.05) is 0 Å². The number of thiazole rings is 1. The van der Waals surface area contributed by atoms with Crippen LogP contribution in [0.15, 0.2) is 34.5 Å². The number of rotatable bonds is 6. The smallest absolute Gasteiger partial charge is 0.357 e. The van der Waals surface area contributed by atoms with Gasteiger partial charge in [-0.2, -0.15) is 8.78 Å². The molecule has 0 atom stereocenters. The molecule has 21 heavy (non-hydrogen) atoms. The molecule has 0 amide bonds. The van der Waals surface area contributed by atoms with Crippen molar-refractivity contribution in [1.29, 1.82) is 0 Å². The highest BCUT2D eigenvalue weighted by Crippen LogP contribution is 2.27. The summed E-state index contributed by atoms with van der Waals surface area (Å²) in [4.78, 5) is 16.1. The standard InChI is InChI=1S/C13H12F2N2O2S2/c1-2-19-11(18)10-7-20-13(17-10)16-8-3-5-9(6-4-8)21-12(14)15/h3-7,12H,2H2,1H3,(H,16,17). The maximum absolute atomic E-state index is 12.2. The predicted octanol–water partition coefficient (Wildman–Crippen LogP) is 4.38. The molecule has 0 fully saturated rings. The first-order chi connectivity index (χ1) is 10.1. The molecule has 4 nitrogen and oxygen atoms in total. The van der Waals surface area contributed by atoms with E-state index in [4.69, 9.17) is 4.74 Å². The number of halogens is 2. The second-order valence-electron chi connectivity index (χ2n) is 3.79. The third kappa shape index (κ3) is 4.68. The highest BCUT2D eigenvalue weighted by Gasteiger charge is 2.11. The van der Waals surface area contributed by atoms with E-state index < -0.39 is 11.7 Å². The van der Waals surface area contributed by atoms with E-state index in [0.29, 0.717) is 34.1 Å². The van der Waals surface area contributed by atoms with Crippen molar-refractivity contribution in [3.63, 3.8) is 0 Å². The first-order valence-corrected chi connectivity index (χ1v) is 7.79. The summed E-state index contributed by atoms with van der Waals surface area (Å²) in [6, 6.07) is 6.55. The topological polar surface area (TPSA) is 51.2 Å². The molecular weight excluding hydrogens is 318 g/mol. The maximum Gasteiger partial charge on any atom is 0.357 e. The van der Waals surface area contributed by atoms with Crippen molar-refractivity contribution >= 4 is 39.9 Å². The summed E-state index contributed by atoms with van der Waals surface area (Å²) >= 11 is 1.76. The molecule has 0 saturated heterocycles. The lowest BCUT2D eigenvalue weighted by Gasteiger charge is -2.04. The van der Waals surface area contributed by atoms with Crippen LogP contribution >= 0.6 is 23.1 Å². The third-order valence-electron chi connectivity index (χ3n) is 2.32. The number of esters is 1. The molecule has 1 aromatic heterocycles. The van der Waals surface area contributed by atoms with Crippen LogP contribution in [0.25, 0.3) is 0 Å². The molecule has 8 heteroatoms. The summed E-state index contributed by atoms with van der Waals surface area (Å²) in [7, 11) is 0. The summed E-state index contributed by atoms with van der Waals surface area (Å²) < 4.78 is 29.3. The third-order valence-corrected chi connectivity index (χ3v) is 3.80. The number of thioether (sulfide) groups is 1. The SMILES string of the molecule is CCOC(=O)c1csc(Nc2ccc(SC(F)F)cc2)n1. The van der Waals surface area contributed by atoms with E-state index in [0.717, 1.165) is 0 Å². The fourth-order valence-corrected chi connectivity index (χ4v) is 2.67. The van der Waals surface area contributed by atoms with Crippen molar-refractivity contribution in [3.05, 3.63) is 35.3 Å². The number of hydrogen-bond acceptors (Lipinski definition) is 6. The number of aromatic nitrogens is 1. The average molecular weight is 330 g/mol. The molecule has 0 aliphatic rings. The first-order valence-electron chi connectivity index (χ1n) is 6.03. The van der Waals surface area contributed by atoms with Gasteiger partial charge in [0.25, 0.3) is 5.76 Å². The van der Waals surface area contributed by atoms with Gasteiger partial charge >= 0.3 is 5.97 Å².